The van der Waals surface area contributed by atoms with E-state index in [1.807, 2.05) is 19.1 Å². The standard InChI is InChI=1S/C23H18N2O4/c1-14-21(5-4-18-19(26)7-9-28-23(14)18)29-22-12-15(6-8-25-22)10-17-3-2-16(13-24)11-20(17)27/h2-6,8,11-12,27H,7,9-10H2,1H3. The third kappa shape index (κ3) is 3.76. The number of benzene rings is 2. The molecule has 3 aromatic rings. The monoisotopic (exact) mass is 386 g/mol. The second-order valence-electron chi connectivity index (χ2n) is 6.82. The van der Waals surface area contributed by atoms with Gasteiger partial charge in [-0.1, -0.05) is 6.07 Å². The van der Waals surface area contributed by atoms with Crippen molar-refractivity contribution < 1.29 is 19.4 Å². The lowest BCUT2D eigenvalue weighted by Gasteiger charge is -2.20. The molecule has 29 heavy (non-hydrogen) atoms. The summed E-state index contributed by atoms with van der Waals surface area (Å²) in [5.41, 5.74) is 3.36. The Morgan fingerprint density at radius 2 is 2.10 bits per heavy atom. The molecule has 2 heterocycles. The number of Topliss-reactive ketones (excluding diaryl/α,β-unsaturated/α-hetero) is 1. The number of phenolic OH excluding ortho intramolecular Hbond substituents is 1. The molecule has 0 amide bonds. The molecular weight excluding hydrogens is 368 g/mol. The molecule has 0 radical (unpaired) electrons. The van der Waals surface area contributed by atoms with Gasteiger partial charge in [-0.15, -0.1) is 0 Å². The van der Waals surface area contributed by atoms with Crippen LogP contribution in [0.4, 0.5) is 0 Å². The Hall–Kier alpha value is -3.85. The molecule has 0 atom stereocenters. The number of phenols is 1. The van der Waals surface area contributed by atoms with Gasteiger partial charge in [0.25, 0.3) is 0 Å². The summed E-state index contributed by atoms with van der Waals surface area (Å²) in [6, 6.07) is 14.0. The second kappa shape index (κ2) is 7.64. The zero-order valence-electron chi connectivity index (χ0n) is 15.8. The summed E-state index contributed by atoms with van der Waals surface area (Å²) in [5, 5.41) is 19.0. The van der Waals surface area contributed by atoms with Gasteiger partial charge in [0.15, 0.2) is 5.78 Å². The fourth-order valence-corrected chi connectivity index (χ4v) is 3.30. The zero-order valence-corrected chi connectivity index (χ0v) is 15.8. The molecule has 6 nitrogen and oxygen atoms in total. The van der Waals surface area contributed by atoms with Crippen molar-refractivity contribution in [2.24, 2.45) is 0 Å². The number of carbonyl (C=O) groups excluding carboxylic acids is 1. The number of hydrogen-bond donors (Lipinski definition) is 1. The van der Waals surface area contributed by atoms with E-state index in [1.165, 1.54) is 6.07 Å². The lowest BCUT2D eigenvalue weighted by molar-refractivity contribution is 0.0932. The van der Waals surface area contributed by atoms with Crippen molar-refractivity contribution in [3.8, 4) is 29.2 Å². The van der Waals surface area contributed by atoms with Crippen LogP contribution in [0.5, 0.6) is 23.1 Å². The lowest BCUT2D eigenvalue weighted by atomic mass is 10.0. The summed E-state index contributed by atoms with van der Waals surface area (Å²) in [5.74, 6) is 1.70. The molecule has 0 spiro atoms. The average molecular weight is 386 g/mol. The van der Waals surface area contributed by atoms with Crippen LogP contribution in [0.2, 0.25) is 0 Å². The summed E-state index contributed by atoms with van der Waals surface area (Å²) in [6.07, 6.45) is 2.49. The maximum absolute atomic E-state index is 12.0. The van der Waals surface area contributed by atoms with Gasteiger partial charge >= 0.3 is 0 Å². The van der Waals surface area contributed by atoms with Crippen LogP contribution in [0.3, 0.4) is 0 Å². The first kappa shape index (κ1) is 18.5. The molecule has 1 aromatic heterocycles. The molecule has 0 bridgehead atoms. The van der Waals surface area contributed by atoms with Gasteiger partial charge in [0.2, 0.25) is 5.88 Å². The van der Waals surface area contributed by atoms with Crippen molar-refractivity contribution >= 4 is 5.78 Å². The molecule has 1 aliphatic heterocycles. The maximum atomic E-state index is 12.0. The van der Waals surface area contributed by atoms with Gasteiger partial charge in [0, 0.05) is 30.7 Å². The highest BCUT2D eigenvalue weighted by Gasteiger charge is 2.22. The fourth-order valence-electron chi connectivity index (χ4n) is 3.30. The first-order valence-corrected chi connectivity index (χ1v) is 9.19. The van der Waals surface area contributed by atoms with E-state index >= 15 is 0 Å². The summed E-state index contributed by atoms with van der Waals surface area (Å²) >= 11 is 0. The van der Waals surface area contributed by atoms with E-state index in [0.717, 1.165) is 11.1 Å². The Morgan fingerprint density at radius 3 is 2.90 bits per heavy atom. The Labute approximate surface area is 168 Å². The Morgan fingerprint density at radius 1 is 1.24 bits per heavy atom. The van der Waals surface area contributed by atoms with Crippen LogP contribution in [0, 0.1) is 18.3 Å². The molecule has 1 aliphatic rings. The van der Waals surface area contributed by atoms with E-state index < -0.39 is 0 Å². The van der Waals surface area contributed by atoms with E-state index in [9.17, 15) is 9.90 Å². The third-order valence-electron chi connectivity index (χ3n) is 4.85. The molecule has 2 aromatic carbocycles. The minimum Gasteiger partial charge on any atom is -0.508 e. The van der Waals surface area contributed by atoms with Gasteiger partial charge < -0.3 is 14.6 Å². The van der Waals surface area contributed by atoms with E-state index in [-0.39, 0.29) is 11.5 Å². The molecule has 0 unspecified atom stereocenters. The SMILES string of the molecule is Cc1c(Oc2cc(Cc3ccc(C#N)cc3O)ccn2)ccc2c1OCCC2=O. The van der Waals surface area contributed by atoms with Gasteiger partial charge in [-0.05, 0) is 48.4 Å². The predicted molar refractivity (Wildman–Crippen MR) is 106 cm³/mol. The predicted octanol–water partition coefficient (Wildman–Crippen LogP) is 4.32. The highest BCUT2D eigenvalue weighted by Crippen LogP contribution is 2.36. The van der Waals surface area contributed by atoms with Gasteiger partial charge in [-0.2, -0.15) is 5.26 Å². The molecule has 0 saturated heterocycles. The van der Waals surface area contributed by atoms with Crippen LogP contribution in [0.25, 0.3) is 0 Å². The minimum absolute atomic E-state index is 0.0725. The van der Waals surface area contributed by atoms with Crippen molar-refractivity contribution in [3.05, 3.63) is 76.5 Å². The van der Waals surface area contributed by atoms with Crippen LogP contribution < -0.4 is 9.47 Å². The van der Waals surface area contributed by atoms with Gasteiger partial charge in [-0.25, -0.2) is 4.98 Å². The first-order chi connectivity index (χ1) is 14.0. The van der Waals surface area contributed by atoms with Crippen LogP contribution in [-0.2, 0) is 6.42 Å². The van der Waals surface area contributed by atoms with Crippen LogP contribution in [0.15, 0.2) is 48.7 Å². The van der Waals surface area contributed by atoms with Gasteiger partial charge in [-0.3, -0.25) is 4.79 Å². The lowest BCUT2D eigenvalue weighted by Crippen LogP contribution is -2.16. The number of nitriles is 1. The number of pyridine rings is 1. The van der Waals surface area contributed by atoms with Crippen LogP contribution >= 0.6 is 0 Å². The largest absolute Gasteiger partial charge is 0.508 e. The zero-order chi connectivity index (χ0) is 20.4. The number of nitrogens with zero attached hydrogens (tertiary/aromatic N) is 2. The summed E-state index contributed by atoms with van der Waals surface area (Å²) in [7, 11) is 0. The van der Waals surface area contributed by atoms with Crippen molar-refractivity contribution in [2.45, 2.75) is 19.8 Å². The molecular formula is C23H18N2O4. The van der Waals surface area contributed by atoms with Crippen LogP contribution in [0.1, 0.15) is 39.0 Å². The number of aromatic nitrogens is 1. The summed E-state index contributed by atoms with van der Waals surface area (Å²) in [6.45, 7) is 2.23. The highest BCUT2D eigenvalue weighted by atomic mass is 16.5. The van der Waals surface area contributed by atoms with Gasteiger partial charge in [0.05, 0.1) is 23.8 Å². The number of ether oxygens (including phenoxy) is 2. The molecule has 0 fully saturated rings. The number of aromatic hydroxyl groups is 1. The number of carbonyl (C=O) groups is 1. The highest BCUT2D eigenvalue weighted by molar-refractivity contribution is 6.00. The molecule has 0 saturated carbocycles. The van der Waals surface area contributed by atoms with E-state index in [0.29, 0.717) is 53.5 Å². The summed E-state index contributed by atoms with van der Waals surface area (Å²) < 4.78 is 11.6. The fraction of sp³-hybridized carbons (Fsp3) is 0.174. The number of ketones is 1. The normalized spacial score (nSPS) is 12.6. The Kier molecular flexibility index (Phi) is 4.88. The van der Waals surface area contributed by atoms with Crippen molar-refractivity contribution in [2.75, 3.05) is 6.61 Å². The Bertz CT molecular complexity index is 1150. The topological polar surface area (TPSA) is 92.4 Å². The van der Waals surface area contributed by atoms with Gasteiger partial charge in [0.1, 0.15) is 17.2 Å². The Balaban J connectivity index is 1.57. The minimum atomic E-state index is 0.0725. The number of fused-ring (bicyclic) bond motifs is 1. The number of rotatable bonds is 4. The maximum Gasteiger partial charge on any atom is 0.219 e. The quantitative estimate of drug-likeness (QED) is 0.718. The molecule has 4 rings (SSSR count). The molecule has 144 valence electrons. The summed E-state index contributed by atoms with van der Waals surface area (Å²) in [4.78, 5) is 16.3. The van der Waals surface area contributed by atoms with Crippen molar-refractivity contribution in [1.82, 2.24) is 4.98 Å². The van der Waals surface area contributed by atoms with Crippen molar-refractivity contribution in [1.29, 1.82) is 5.26 Å². The average Bonchev–Trinajstić information content (AvgIpc) is 2.72. The number of hydrogen-bond acceptors (Lipinski definition) is 6. The second-order valence-corrected chi connectivity index (χ2v) is 6.82. The molecule has 6 heteroatoms. The van der Waals surface area contributed by atoms with E-state index in [2.05, 4.69) is 4.98 Å². The smallest absolute Gasteiger partial charge is 0.219 e. The molecule has 1 N–H and O–H groups in total. The van der Waals surface area contributed by atoms with E-state index in [4.69, 9.17) is 14.7 Å². The van der Waals surface area contributed by atoms with Crippen molar-refractivity contribution in [3.63, 3.8) is 0 Å². The van der Waals surface area contributed by atoms with Crippen LogP contribution in [-0.4, -0.2) is 22.5 Å². The molecule has 0 aliphatic carbocycles. The van der Waals surface area contributed by atoms with E-state index in [1.54, 1.807) is 36.5 Å². The first-order valence-electron chi connectivity index (χ1n) is 9.19. The third-order valence-corrected chi connectivity index (χ3v) is 4.85.